The molecule has 1 aromatic heterocycles. The van der Waals surface area contributed by atoms with Crippen LogP contribution in [0.1, 0.15) is 51.0 Å². The van der Waals surface area contributed by atoms with E-state index in [0.717, 1.165) is 25.9 Å². The molecule has 2 fully saturated rings. The van der Waals surface area contributed by atoms with Crippen molar-refractivity contribution in [3.05, 3.63) is 30.1 Å². The molecule has 3 heterocycles. The fourth-order valence-corrected chi connectivity index (χ4v) is 6.03. The predicted molar refractivity (Wildman–Crippen MR) is 109 cm³/mol. The van der Waals surface area contributed by atoms with E-state index < -0.39 is 10.2 Å². The van der Waals surface area contributed by atoms with Crippen molar-refractivity contribution in [1.82, 2.24) is 18.5 Å². The monoisotopic (exact) mass is 408 g/mol. The fraction of sp³-hybridized carbons (Fsp3) is 0.700. The van der Waals surface area contributed by atoms with Gasteiger partial charge in [-0.2, -0.15) is 17.0 Å². The Labute approximate surface area is 168 Å². The second kappa shape index (κ2) is 9.33. The van der Waals surface area contributed by atoms with Crippen LogP contribution < -0.4 is 0 Å². The zero-order valence-corrected chi connectivity index (χ0v) is 17.8. The standard InChI is InChI=1S/C20H32N4O3S/c1-3-23(4-2)28(26,27)24-15-9-19(10-16-24)20(25)22-13-7-18(8-14-22)17-5-11-21-12-6-17/h5-6,11-12,18-19H,3-4,7-10,13-16H2,1-2H3. The topological polar surface area (TPSA) is 73.8 Å². The number of hydrogen-bond acceptors (Lipinski definition) is 4. The molecule has 0 bridgehead atoms. The average Bonchev–Trinajstić information content (AvgIpc) is 2.75. The van der Waals surface area contributed by atoms with E-state index in [2.05, 4.69) is 17.1 Å². The molecule has 1 amide bonds. The number of nitrogens with zero attached hydrogens (tertiary/aromatic N) is 4. The fourth-order valence-electron chi connectivity index (χ4n) is 4.37. The summed E-state index contributed by atoms with van der Waals surface area (Å²) in [6.07, 6.45) is 6.84. The Kier molecular flexibility index (Phi) is 7.06. The van der Waals surface area contributed by atoms with Gasteiger partial charge < -0.3 is 4.90 Å². The number of aromatic nitrogens is 1. The summed E-state index contributed by atoms with van der Waals surface area (Å²) in [4.78, 5) is 19.0. The zero-order chi connectivity index (χ0) is 20.1. The molecule has 156 valence electrons. The summed E-state index contributed by atoms with van der Waals surface area (Å²) in [5.41, 5.74) is 1.30. The zero-order valence-electron chi connectivity index (χ0n) is 17.0. The van der Waals surface area contributed by atoms with Crippen LogP contribution in [-0.2, 0) is 15.0 Å². The molecule has 0 radical (unpaired) electrons. The van der Waals surface area contributed by atoms with Crippen molar-refractivity contribution in [2.45, 2.75) is 45.4 Å². The van der Waals surface area contributed by atoms with Crippen molar-refractivity contribution in [2.24, 2.45) is 5.92 Å². The van der Waals surface area contributed by atoms with Gasteiger partial charge in [-0.3, -0.25) is 9.78 Å². The van der Waals surface area contributed by atoms with Gasteiger partial charge in [0.1, 0.15) is 0 Å². The Balaban J connectivity index is 1.51. The van der Waals surface area contributed by atoms with Crippen molar-refractivity contribution < 1.29 is 13.2 Å². The van der Waals surface area contributed by atoms with Crippen LogP contribution in [0.25, 0.3) is 0 Å². The third-order valence-electron chi connectivity index (χ3n) is 6.15. The molecular weight excluding hydrogens is 376 g/mol. The van der Waals surface area contributed by atoms with Crippen LogP contribution >= 0.6 is 0 Å². The number of amides is 1. The first kappa shape index (κ1) is 21.2. The van der Waals surface area contributed by atoms with E-state index in [0.29, 0.717) is 44.9 Å². The summed E-state index contributed by atoms with van der Waals surface area (Å²) < 4.78 is 28.3. The number of carbonyl (C=O) groups excluding carboxylic acids is 1. The van der Waals surface area contributed by atoms with Gasteiger partial charge >= 0.3 is 0 Å². The molecule has 0 aliphatic carbocycles. The summed E-state index contributed by atoms with van der Waals surface area (Å²) in [5, 5.41) is 0. The van der Waals surface area contributed by atoms with Gasteiger partial charge in [-0.1, -0.05) is 13.8 Å². The molecule has 28 heavy (non-hydrogen) atoms. The Hall–Kier alpha value is -1.51. The summed E-state index contributed by atoms with van der Waals surface area (Å²) >= 11 is 0. The van der Waals surface area contributed by atoms with E-state index in [1.54, 1.807) is 4.31 Å². The molecule has 0 aromatic carbocycles. The van der Waals surface area contributed by atoms with Crippen LogP contribution in [0, 0.1) is 5.92 Å². The lowest BCUT2D eigenvalue weighted by molar-refractivity contribution is -0.137. The van der Waals surface area contributed by atoms with Crippen LogP contribution in [0.5, 0.6) is 0 Å². The third kappa shape index (κ3) is 4.55. The van der Waals surface area contributed by atoms with E-state index in [1.807, 2.05) is 31.1 Å². The van der Waals surface area contributed by atoms with E-state index in [1.165, 1.54) is 9.87 Å². The lowest BCUT2D eigenvalue weighted by atomic mass is 9.88. The number of pyridine rings is 1. The van der Waals surface area contributed by atoms with Gasteiger partial charge in [0.15, 0.2) is 0 Å². The quantitative estimate of drug-likeness (QED) is 0.722. The predicted octanol–water partition coefficient (Wildman–Crippen LogP) is 2.09. The van der Waals surface area contributed by atoms with Gasteiger partial charge in [0.25, 0.3) is 10.2 Å². The van der Waals surface area contributed by atoms with E-state index >= 15 is 0 Å². The van der Waals surface area contributed by atoms with Crippen molar-refractivity contribution in [1.29, 1.82) is 0 Å². The Morgan fingerprint density at radius 3 is 2.14 bits per heavy atom. The molecule has 1 aromatic rings. The number of likely N-dealkylation sites (tertiary alicyclic amines) is 1. The normalized spacial score (nSPS) is 20.6. The van der Waals surface area contributed by atoms with Crippen molar-refractivity contribution in [3.63, 3.8) is 0 Å². The molecule has 8 heteroatoms. The lowest BCUT2D eigenvalue weighted by Gasteiger charge is -2.38. The molecular formula is C20H32N4O3S. The highest BCUT2D eigenvalue weighted by Crippen LogP contribution is 2.30. The van der Waals surface area contributed by atoms with Crippen LogP contribution in [-0.4, -0.2) is 72.1 Å². The van der Waals surface area contributed by atoms with Crippen molar-refractivity contribution in [3.8, 4) is 0 Å². The average molecular weight is 409 g/mol. The second-order valence-electron chi connectivity index (χ2n) is 7.65. The van der Waals surface area contributed by atoms with Crippen LogP contribution in [0.3, 0.4) is 0 Å². The Morgan fingerprint density at radius 1 is 1.04 bits per heavy atom. The first-order valence-corrected chi connectivity index (χ1v) is 11.8. The van der Waals surface area contributed by atoms with Gasteiger partial charge in [-0.15, -0.1) is 0 Å². The molecule has 0 atom stereocenters. The van der Waals surface area contributed by atoms with Crippen LogP contribution in [0.4, 0.5) is 0 Å². The van der Waals surface area contributed by atoms with Crippen LogP contribution in [0.15, 0.2) is 24.5 Å². The minimum Gasteiger partial charge on any atom is -0.342 e. The molecule has 2 aliphatic heterocycles. The molecule has 2 aliphatic rings. The van der Waals surface area contributed by atoms with E-state index in [9.17, 15) is 13.2 Å². The molecule has 2 saturated heterocycles. The summed E-state index contributed by atoms with van der Waals surface area (Å²) in [6, 6.07) is 4.13. The highest BCUT2D eigenvalue weighted by molar-refractivity contribution is 7.86. The first-order valence-electron chi connectivity index (χ1n) is 10.4. The Morgan fingerprint density at radius 2 is 1.61 bits per heavy atom. The minimum atomic E-state index is -3.40. The van der Waals surface area contributed by atoms with E-state index in [-0.39, 0.29) is 11.8 Å². The van der Waals surface area contributed by atoms with Gasteiger partial charge in [0.2, 0.25) is 5.91 Å². The number of carbonyl (C=O) groups is 1. The van der Waals surface area contributed by atoms with Gasteiger partial charge in [-0.25, -0.2) is 0 Å². The first-order chi connectivity index (χ1) is 13.5. The van der Waals surface area contributed by atoms with E-state index in [4.69, 9.17) is 0 Å². The second-order valence-corrected chi connectivity index (χ2v) is 9.57. The number of rotatable bonds is 6. The van der Waals surface area contributed by atoms with Gasteiger partial charge in [-0.05, 0) is 49.3 Å². The molecule has 7 nitrogen and oxygen atoms in total. The summed E-state index contributed by atoms with van der Waals surface area (Å²) in [7, 11) is -3.40. The molecule has 3 rings (SSSR count). The lowest BCUT2D eigenvalue weighted by Crippen LogP contribution is -2.49. The van der Waals surface area contributed by atoms with Crippen LogP contribution in [0.2, 0.25) is 0 Å². The number of piperidine rings is 2. The minimum absolute atomic E-state index is 0.0550. The molecule has 0 N–H and O–H groups in total. The maximum absolute atomic E-state index is 12.9. The van der Waals surface area contributed by atoms with Gasteiger partial charge in [0, 0.05) is 57.6 Å². The smallest absolute Gasteiger partial charge is 0.281 e. The maximum atomic E-state index is 12.9. The molecule has 0 spiro atoms. The highest BCUT2D eigenvalue weighted by atomic mass is 32.2. The Bertz CT molecular complexity index is 736. The number of hydrogen-bond donors (Lipinski definition) is 0. The SMILES string of the molecule is CCN(CC)S(=O)(=O)N1CCC(C(=O)N2CCC(c3ccncc3)CC2)CC1. The molecule has 0 saturated carbocycles. The van der Waals surface area contributed by atoms with Gasteiger partial charge in [0.05, 0.1) is 0 Å². The van der Waals surface area contributed by atoms with Crippen molar-refractivity contribution >= 4 is 16.1 Å². The molecule has 0 unspecified atom stereocenters. The third-order valence-corrected chi connectivity index (χ3v) is 8.33. The summed E-state index contributed by atoms with van der Waals surface area (Å²) in [6.45, 7) is 7.09. The van der Waals surface area contributed by atoms with Crippen molar-refractivity contribution in [2.75, 3.05) is 39.3 Å². The highest BCUT2D eigenvalue weighted by Gasteiger charge is 2.36. The largest absolute Gasteiger partial charge is 0.342 e. The maximum Gasteiger partial charge on any atom is 0.281 e. The summed E-state index contributed by atoms with van der Waals surface area (Å²) in [5.74, 6) is 0.641.